The van der Waals surface area contributed by atoms with Crippen LogP contribution < -0.4 is 5.73 Å². The Kier molecular flexibility index (Phi) is 7.45. The maximum Gasteiger partial charge on any atom is 0.223 e. The number of hydrogen-bond donors (Lipinski definition) is 1. The molecule has 1 heterocycles. The smallest absolute Gasteiger partial charge is 0.223 e. The van der Waals surface area contributed by atoms with Crippen LogP contribution in [0.15, 0.2) is 0 Å². The minimum Gasteiger partial charge on any atom is -0.375 e. The number of ether oxygens (including phenoxy) is 1. The van der Waals surface area contributed by atoms with Gasteiger partial charge in [-0.1, -0.05) is 26.2 Å². The number of morpholine rings is 1. The average Bonchev–Trinajstić information content (AvgIpc) is 2.48. The number of nitrogens with two attached hydrogens (primary N) is 1. The van der Waals surface area contributed by atoms with E-state index in [2.05, 4.69) is 11.8 Å². The van der Waals surface area contributed by atoms with Gasteiger partial charge in [0, 0.05) is 13.0 Å². The Morgan fingerprint density at radius 2 is 2.00 bits per heavy atom. The lowest BCUT2D eigenvalue weighted by molar-refractivity contribution is -0.147. The standard InChI is InChI=1S/C16H30N2O2.ClH/c1-3-14-11-20-13(2)10-18(14)15(19)9-16(12-17)7-5-4-6-8-16;/h13-14H,3-12,17H2,1-2H3;1H. The number of carbonyl (C=O) groups is 1. The van der Waals surface area contributed by atoms with Gasteiger partial charge >= 0.3 is 0 Å². The molecule has 0 radical (unpaired) electrons. The van der Waals surface area contributed by atoms with Crippen molar-refractivity contribution in [3.05, 3.63) is 0 Å². The molecule has 0 aromatic carbocycles. The zero-order chi connectivity index (χ0) is 14.6. The highest BCUT2D eigenvalue weighted by molar-refractivity contribution is 5.85. The fourth-order valence-corrected chi connectivity index (χ4v) is 3.66. The van der Waals surface area contributed by atoms with Crippen molar-refractivity contribution >= 4 is 18.3 Å². The van der Waals surface area contributed by atoms with E-state index in [9.17, 15) is 4.79 Å². The van der Waals surface area contributed by atoms with Gasteiger partial charge < -0.3 is 15.4 Å². The van der Waals surface area contributed by atoms with Crippen molar-refractivity contribution in [2.24, 2.45) is 11.1 Å². The Balaban J connectivity index is 0.00000220. The minimum absolute atomic E-state index is 0. The predicted octanol–water partition coefficient (Wildman–Crippen LogP) is 2.73. The molecule has 0 aromatic heterocycles. The normalized spacial score (nSPS) is 28.8. The van der Waals surface area contributed by atoms with Gasteiger partial charge in [0.25, 0.3) is 0 Å². The van der Waals surface area contributed by atoms with Gasteiger partial charge in [0.1, 0.15) is 0 Å². The Labute approximate surface area is 135 Å². The summed E-state index contributed by atoms with van der Waals surface area (Å²) in [6.07, 6.45) is 7.73. The summed E-state index contributed by atoms with van der Waals surface area (Å²) in [6.45, 7) is 6.24. The van der Waals surface area contributed by atoms with Gasteiger partial charge in [-0.25, -0.2) is 0 Å². The van der Waals surface area contributed by atoms with Gasteiger partial charge in [-0.15, -0.1) is 12.4 Å². The zero-order valence-electron chi connectivity index (χ0n) is 13.5. The Morgan fingerprint density at radius 1 is 1.33 bits per heavy atom. The van der Waals surface area contributed by atoms with Gasteiger partial charge in [-0.2, -0.15) is 0 Å². The van der Waals surface area contributed by atoms with Crippen molar-refractivity contribution in [1.29, 1.82) is 0 Å². The molecule has 2 rings (SSSR count). The summed E-state index contributed by atoms with van der Waals surface area (Å²) < 4.78 is 5.68. The van der Waals surface area contributed by atoms with E-state index in [4.69, 9.17) is 10.5 Å². The molecular formula is C16H31ClN2O2. The third kappa shape index (κ3) is 4.57. The molecule has 2 aliphatic rings. The average molecular weight is 319 g/mol. The van der Waals surface area contributed by atoms with Gasteiger partial charge in [0.15, 0.2) is 0 Å². The van der Waals surface area contributed by atoms with Crippen LogP contribution in [0.3, 0.4) is 0 Å². The number of rotatable bonds is 4. The molecule has 0 aromatic rings. The van der Waals surface area contributed by atoms with Crippen LogP contribution in [0.25, 0.3) is 0 Å². The quantitative estimate of drug-likeness (QED) is 0.867. The fourth-order valence-electron chi connectivity index (χ4n) is 3.66. The van der Waals surface area contributed by atoms with Crippen LogP contribution in [-0.2, 0) is 9.53 Å². The van der Waals surface area contributed by atoms with Crippen LogP contribution in [0, 0.1) is 5.41 Å². The first-order valence-corrected chi connectivity index (χ1v) is 8.21. The molecule has 124 valence electrons. The number of amides is 1. The van der Waals surface area contributed by atoms with E-state index in [-0.39, 0.29) is 30.0 Å². The highest BCUT2D eigenvalue weighted by Gasteiger charge is 2.37. The highest BCUT2D eigenvalue weighted by Crippen LogP contribution is 2.39. The molecule has 1 aliphatic carbocycles. The van der Waals surface area contributed by atoms with Crippen molar-refractivity contribution < 1.29 is 9.53 Å². The molecule has 2 N–H and O–H groups in total. The maximum absolute atomic E-state index is 12.8. The molecule has 1 amide bonds. The van der Waals surface area contributed by atoms with E-state index in [0.29, 0.717) is 25.5 Å². The Hall–Kier alpha value is -0.320. The van der Waals surface area contributed by atoms with E-state index in [1.807, 2.05) is 6.92 Å². The van der Waals surface area contributed by atoms with Crippen LogP contribution in [-0.4, -0.2) is 42.6 Å². The van der Waals surface area contributed by atoms with Crippen molar-refractivity contribution in [1.82, 2.24) is 4.90 Å². The minimum atomic E-state index is 0. The van der Waals surface area contributed by atoms with Crippen molar-refractivity contribution in [3.8, 4) is 0 Å². The largest absolute Gasteiger partial charge is 0.375 e. The lowest BCUT2D eigenvalue weighted by Gasteiger charge is -2.42. The zero-order valence-corrected chi connectivity index (χ0v) is 14.3. The molecule has 1 aliphatic heterocycles. The first kappa shape index (κ1) is 18.7. The van der Waals surface area contributed by atoms with Crippen LogP contribution in [0.1, 0.15) is 58.8 Å². The van der Waals surface area contributed by atoms with E-state index >= 15 is 0 Å². The Bertz CT molecular complexity index is 332. The summed E-state index contributed by atoms with van der Waals surface area (Å²) in [6, 6.07) is 0.247. The van der Waals surface area contributed by atoms with Crippen molar-refractivity contribution in [3.63, 3.8) is 0 Å². The van der Waals surface area contributed by atoms with Crippen LogP contribution in [0.2, 0.25) is 0 Å². The molecule has 21 heavy (non-hydrogen) atoms. The van der Waals surface area contributed by atoms with Gasteiger partial charge in [0.2, 0.25) is 5.91 Å². The Morgan fingerprint density at radius 3 is 2.57 bits per heavy atom. The highest BCUT2D eigenvalue weighted by atomic mass is 35.5. The number of carbonyl (C=O) groups excluding carboxylic acids is 1. The van der Waals surface area contributed by atoms with Crippen LogP contribution >= 0.6 is 12.4 Å². The predicted molar refractivity (Wildman–Crippen MR) is 87.6 cm³/mol. The molecule has 4 nitrogen and oxygen atoms in total. The van der Waals surface area contributed by atoms with Crippen LogP contribution in [0.4, 0.5) is 0 Å². The van der Waals surface area contributed by atoms with E-state index < -0.39 is 0 Å². The third-order valence-electron chi connectivity index (χ3n) is 5.13. The van der Waals surface area contributed by atoms with Gasteiger partial charge in [0.05, 0.1) is 18.8 Å². The summed E-state index contributed by atoms with van der Waals surface area (Å²) in [4.78, 5) is 14.8. The molecule has 1 saturated heterocycles. The summed E-state index contributed by atoms with van der Waals surface area (Å²) in [7, 11) is 0. The lowest BCUT2D eigenvalue weighted by atomic mass is 9.71. The second-order valence-electron chi connectivity index (χ2n) is 6.69. The molecule has 5 heteroatoms. The molecule has 2 fully saturated rings. The topological polar surface area (TPSA) is 55.6 Å². The number of nitrogens with zero attached hydrogens (tertiary/aromatic N) is 1. The second-order valence-corrected chi connectivity index (χ2v) is 6.69. The number of hydrogen-bond acceptors (Lipinski definition) is 3. The molecular weight excluding hydrogens is 288 g/mol. The van der Waals surface area contributed by atoms with Crippen molar-refractivity contribution in [2.45, 2.75) is 70.9 Å². The SMILES string of the molecule is CCC1COC(C)CN1C(=O)CC1(CN)CCCCC1.Cl. The van der Waals surface area contributed by atoms with E-state index in [1.165, 1.54) is 19.3 Å². The maximum atomic E-state index is 12.8. The molecule has 2 unspecified atom stereocenters. The second kappa shape index (κ2) is 8.35. The molecule has 1 saturated carbocycles. The number of halogens is 1. The van der Waals surface area contributed by atoms with E-state index in [0.717, 1.165) is 25.8 Å². The summed E-state index contributed by atoms with van der Waals surface area (Å²) in [5, 5.41) is 0. The van der Waals surface area contributed by atoms with Gasteiger partial charge in [-0.3, -0.25) is 4.79 Å². The first-order chi connectivity index (χ1) is 9.60. The van der Waals surface area contributed by atoms with Crippen LogP contribution in [0.5, 0.6) is 0 Å². The lowest BCUT2D eigenvalue weighted by Crippen LogP contribution is -2.52. The summed E-state index contributed by atoms with van der Waals surface area (Å²) >= 11 is 0. The van der Waals surface area contributed by atoms with Gasteiger partial charge in [-0.05, 0) is 38.1 Å². The van der Waals surface area contributed by atoms with Crippen molar-refractivity contribution in [2.75, 3.05) is 19.7 Å². The molecule has 0 spiro atoms. The first-order valence-electron chi connectivity index (χ1n) is 8.21. The summed E-state index contributed by atoms with van der Waals surface area (Å²) in [5.41, 5.74) is 6.08. The van der Waals surface area contributed by atoms with E-state index in [1.54, 1.807) is 0 Å². The fraction of sp³-hybridized carbons (Fsp3) is 0.938. The third-order valence-corrected chi connectivity index (χ3v) is 5.13. The summed E-state index contributed by atoms with van der Waals surface area (Å²) in [5.74, 6) is 0.291. The monoisotopic (exact) mass is 318 g/mol. The molecule has 2 atom stereocenters. The molecule has 0 bridgehead atoms.